The smallest absolute Gasteiger partial charge is 0.408 e. The van der Waals surface area contributed by atoms with E-state index in [-0.39, 0.29) is 12.3 Å². The molecular weight excluding hydrogens is 230 g/mol. The van der Waals surface area contributed by atoms with E-state index in [1.165, 1.54) is 12.5 Å². The predicted octanol–water partition coefficient (Wildman–Crippen LogP) is 0.426. The summed E-state index contributed by atoms with van der Waals surface area (Å²) in [6.07, 6.45) is 2.25. The fourth-order valence-electron chi connectivity index (χ4n) is 0.832. The fourth-order valence-corrected chi connectivity index (χ4v) is 1.55. The second kappa shape index (κ2) is 5.34. The second-order valence-electron chi connectivity index (χ2n) is 4.75. The Bertz CT molecular complexity index is 378. The van der Waals surface area contributed by atoms with Gasteiger partial charge >= 0.3 is 6.09 Å². The molecule has 0 aliphatic rings. The Morgan fingerprint density at radius 3 is 2.19 bits per heavy atom. The molecule has 0 aromatic carbocycles. The zero-order valence-corrected chi connectivity index (χ0v) is 11.1. The number of Topliss-reactive ketones (excluding diaryl/α,β-unsaturated/α-hetero) is 1. The Morgan fingerprint density at radius 1 is 1.31 bits per heavy atom. The summed E-state index contributed by atoms with van der Waals surface area (Å²) in [5.41, 5.74) is -0.597. The Morgan fingerprint density at radius 2 is 1.81 bits per heavy atom. The maximum atomic E-state index is 11.3. The molecule has 0 aliphatic carbocycles. The lowest BCUT2D eigenvalue weighted by atomic mass is 10.2. The average Bonchev–Trinajstić information content (AvgIpc) is 1.94. The van der Waals surface area contributed by atoms with Gasteiger partial charge in [-0.25, -0.2) is 4.79 Å². The van der Waals surface area contributed by atoms with Crippen molar-refractivity contribution in [3.05, 3.63) is 0 Å². The molecule has 16 heavy (non-hydrogen) atoms. The zero-order valence-electron chi connectivity index (χ0n) is 10.3. The number of hydrogen-bond acceptors (Lipinski definition) is 4. The molecule has 0 aromatic rings. The summed E-state index contributed by atoms with van der Waals surface area (Å²) in [4.78, 5) is 22.4. The van der Waals surface area contributed by atoms with E-state index in [0.29, 0.717) is 0 Å². The maximum absolute atomic E-state index is 11.3. The summed E-state index contributed by atoms with van der Waals surface area (Å²) >= 11 is 0. The van der Waals surface area contributed by atoms with Crippen molar-refractivity contribution >= 4 is 26.8 Å². The number of ketones is 1. The minimum Gasteiger partial charge on any atom is -0.444 e. The number of alkyl carbamates (subject to hydrolysis) is 1. The molecule has 0 atom stereocenters. The minimum atomic E-state index is -2.22. The van der Waals surface area contributed by atoms with E-state index in [0.717, 1.165) is 5.37 Å². The molecule has 0 spiro atoms. The van der Waals surface area contributed by atoms with Crippen LogP contribution in [0.2, 0.25) is 0 Å². The van der Waals surface area contributed by atoms with E-state index in [9.17, 15) is 13.8 Å². The molecule has 0 unspecified atom stereocenters. The van der Waals surface area contributed by atoms with Crippen LogP contribution in [0.5, 0.6) is 0 Å². The summed E-state index contributed by atoms with van der Waals surface area (Å²) < 4.78 is 16.2. The first-order chi connectivity index (χ1) is 6.99. The quantitative estimate of drug-likeness (QED) is 0.736. The molecular formula is C10H19NO4S. The normalized spacial score (nSPS) is 11.8. The molecule has 0 aliphatic heterocycles. The van der Waals surface area contributed by atoms with Crippen LogP contribution < -0.4 is 5.32 Å². The van der Waals surface area contributed by atoms with Gasteiger partial charge in [0.05, 0.1) is 6.54 Å². The van der Waals surface area contributed by atoms with Gasteiger partial charge in [-0.1, -0.05) is 0 Å². The van der Waals surface area contributed by atoms with Crippen molar-refractivity contribution in [3.63, 3.8) is 0 Å². The fraction of sp³-hybridized carbons (Fsp3) is 0.700. The number of amides is 1. The largest absolute Gasteiger partial charge is 0.444 e. The number of nitrogens with one attached hydrogen (secondary N) is 1. The Hall–Kier alpha value is -1.04. The van der Waals surface area contributed by atoms with Gasteiger partial charge in [0.25, 0.3) is 0 Å². The van der Waals surface area contributed by atoms with Crippen molar-refractivity contribution in [2.75, 3.05) is 19.1 Å². The molecule has 0 fully saturated rings. The van der Waals surface area contributed by atoms with E-state index < -0.39 is 21.2 Å². The van der Waals surface area contributed by atoms with Gasteiger partial charge in [0.2, 0.25) is 0 Å². The molecule has 0 saturated heterocycles. The van der Waals surface area contributed by atoms with Crippen LogP contribution in [-0.4, -0.2) is 46.1 Å². The van der Waals surface area contributed by atoms with E-state index in [1.54, 1.807) is 20.8 Å². The minimum absolute atomic E-state index is 0.201. The van der Waals surface area contributed by atoms with Crippen LogP contribution in [0.3, 0.4) is 0 Å². The van der Waals surface area contributed by atoms with E-state index in [2.05, 4.69) is 5.32 Å². The van der Waals surface area contributed by atoms with Gasteiger partial charge in [-0.05, 0) is 30.3 Å². The summed E-state index contributed by atoms with van der Waals surface area (Å²) in [7, 11) is -2.22. The zero-order chi connectivity index (χ0) is 13.0. The van der Waals surface area contributed by atoms with Crippen LogP contribution in [-0.2, 0) is 19.1 Å². The van der Waals surface area contributed by atoms with Crippen LogP contribution in [0.1, 0.15) is 20.8 Å². The van der Waals surface area contributed by atoms with Crippen molar-refractivity contribution < 1.29 is 18.5 Å². The van der Waals surface area contributed by atoms with Crippen LogP contribution >= 0.6 is 0 Å². The van der Waals surface area contributed by atoms with E-state index >= 15 is 0 Å². The second-order valence-corrected chi connectivity index (χ2v) is 7.60. The van der Waals surface area contributed by atoms with Gasteiger partial charge in [-0.2, -0.15) is 0 Å². The van der Waals surface area contributed by atoms with Crippen molar-refractivity contribution in [1.82, 2.24) is 5.32 Å². The van der Waals surface area contributed by atoms with E-state index in [1.807, 2.05) is 0 Å². The van der Waals surface area contributed by atoms with Gasteiger partial charge in [0.15, 0.2) is 5.78 Å². The van der Waals surface area contributed by atoms with Crippen molar-refractivity contribution in [3.8, 4) is 0 Å². The predicted molar refractivity (Wildman–Crippen MR) is 65.3 cm³/mol. The molecule has 0 heterocycles. The van der Waals surface area contributed by atoms with E-state index in [4.69, 9.17) is 4.74 Å². The van der Waals surface area contributed by atoms with Crippen molar-refractivity contribution in [1.29, 1.82) is 0 Å². The lowest BCUT2D eigenvalue weighted by Crippen LogP contribution is -2.36. The van der Waals surface area contributed by atoms with Gasteiger partial charge in [0, 0.05) is 17.9 Å². The standard InChI is InChI=1S/C10H19NO4S/c1-10(2,3)15-9(13)11-6-8(12)7-16(4,5)14/h7H,6H2,1-5H3,(H,11,13). The highest BCUT2D eigenvalue weighted by Crippen LogP contribution is 2.05. The van der Waals surface area contributed by atoms with Crippen molar-refractivity contribution in [2.24, 2.45) is 0 Å². The molecule has 0 bridgehead atoms. The Labute approximate surface area is 96.6 Å². The topological polar surface area (TPSA) is 72.5 Å². The van der Waals surface area contributed by atoms with Gasteiger partial charge in [0.1, 0.15) is 5.60 Å². The third-order valence-electron chi connectivity index (χ3n) is 1.22. The van der Waals surface area contributed by atoms with Crippen molar-refractivity contribution in [2.45, 2.75) is 26.4 Å². The third-order valence-corrected chi connectivity index (χ3v) is 2.05. The molecule has 0 saturated carbocycles. The summed E-state index contributed by atoms with van der Waals surface area (Å²) in [5, 5.41) is 3.41. The highest BCUT2D eigenvalue weighted by atomic mass is 32.2. The molecule has 0 rings (SSSR count). The first kappa shape index (κ1) is 15.0. The average molecular weight is 249 g/mol. The number of hydrogen-bond donors (Lipinski definition) is 1. The van der Waals surface area contributed by atoms with Crippen LogP contribution in [0.4, 0.5) is 4.79 Å². The maximum Gasteiger partial charge on any atom is 0.408 e. The lowest BCUT2D eigenvalue weighted by molar-refractivity contribution is -0.111. The highest BCUT2D eigenvalue weighted by molar-refractivity contribution is 8.01. The monoisotopic (exact) mass is 249 g/mol. The number of ether oxygens (including phenoxy) is 1. The first-order valence-corrected chi connectivity index (χ1v) is 7.22. The molecule has 5 nitrogen and oxygen atoms in total. The van der Waals surface area contributed by atoms with Gasteiger partial charge in [-0.3, -0.25) is 9.00 Å². The van der Waals surface area contributed by atoms with Crippen LogP contribution in [0.15, 0.2) is 0 Å². The summed E-state index contributed by atoms with van der Waals surface area (Å²) in [5.74, 6) is -0.388. The first-order valence-electron chi connectivity index (χ1n) is 4.78. The Balaban J connectivity index is 4.14. The highest BCUT2D eigenvalue weighted by Gasteiger charge is 2.16. The lowest BCUT2D eigenvalue weighted by Gasteiger charge is -2.19. The van der Waals surface area contributed by atoms with Gasteiger partial charge in [-0.15, -0.1) is 0 Å². The van der Waals surface area contributed by atoms with Crippen LogP contribution in [0, 0.1) is 0 Å². The number of carbonyl (C=O) groups excluding carboxylic acids is 2. The Kier molecular flexibility index (Phi) is 4.99. The molecule has 1 amide bonds. The number of carbonyl (C=O) groups is 2. The molecule has 0 radical (unpaired) electrons. The van der Waals surface area contributed by atoms with Gasteiger partial charge < -0.3 is 10.1 Å². The SMILES string of the molecule is CC(C)(C)OC(=O)NCC(=O)C=S(C)(C)=O. The number of rotatable bonds is 3. The summed E-state index contributed by atoms with van der Waals surface area (Å²) in [6.45, 7) is 4.98. The third kappa shape index (κ3) is 9.51. The summed E-state index contributed by atoms with van der Waals surface area (Å²) in [6, 6.07) is 0. The molecule has 6 heteroatoms. The molecule has 94 valence electrons. The molecule has 0 aromatic heterocycles. The van der Waals surface area contributed by atoms with Crippen LogP contribution in [0.25, 0.3) is 0 Å². The molecule has 1 N–H and O–H groups in total.